The average molecular weight is 451 g/mol. The third-order valence-electron chi connectivity index (χ3n) is 6.70. The Labute approximate surface area is 192 Å². The molecule has 0 saturated carbocycles. The molecular weight excluding hydrogens is 420 g/mol. The van der Waals surface area contributed by atoms with E-state index < -0.39 is 0 Å². The minimum atomic E-state index is -0.218. The molecule has 9 nitrogen and oxygen atoms in total. The second kappa shape index (κ2) is 8.55. The number of aromatic nitrogens is 3. The van der Waals surface area contributed by atoms with E-state index in [2.05, 4.69) is 4.90 Å². The van der Waals surface area contributed by atoms with Crippen molar-refractivity contribution in [2.45, 2.75) is 44.7 Å². The Hall–Kier alpha value is -3.33. The number of rotatable bonds is 4. The number of hydrogen-bond donors (Lipinski definition) is 2. The Morgan fingerprint density at radius 3 is 2.85 bits per heavy atom. The van der Waals surface area contributed by atoms with E-state index in [0.717, 1.165) is 61.5 Å². The second-order valence-electron chi connectivity index (χ2n) is 8.98. The van der Waals surface area contributed by atoms with Gasteiger partial charge in [0, 0.05) is 43.5 Å². The number of methoxy groups -OCH3 is 1. The van der Waals surface area contributed by atoms with E-state index in [0.29, 0.717) is 6.54 Å². The number of ether oxygens (including phenoxy) is 1. The third-order valence-corrected chi connectivity index (χ3v) is 6.70. The lowest BCUT2D eigenvalue weighted by Gasteiger charge is -2.35. The van der Waals surface area contributed by atoms with Crippen LogP contribution in [0.1, 0.15) is 53.3 Å². The van der Waals surface area contributed by atoms with E-state index in [-0.39, 0.29) is 35.1 Å². The molecule has 2 aliphatic heterocycles. The van der Waals surface area contributed by atoms with Gasteiger partial charge < -0.3 is 25.4 Å². The van der Waals surface area contributed by atoms with Gasteiger partial charge in [-0.25, -0.2) is 9.50 Å². The highest BCUT2D eigenvalue weighted by molar-refractivity contribution is 5.98. The molecule has 1 amide bonds. The smallest absolute Gasteiger partial charge is 0.258 e. The van der Waals surface area contributed by atoms with Gasteiger partial charge >= 0.3 is 0 Å². The van der Waals surface area contributed by atoms with E-state index in [1.54, 1.807) is 22.7 Å². The maximum absolute atomic E-state index is 13.4. The Kier molecular flexibility index (Phi) is 5.57. The number of para-hydroxylation sites is 1. The maximum atomic E-state index is 13.4. The number of carbonyl (C=O) groups excluding carboxylic acids is 1. The minimum absolute atomic E-state index is 0.130. The zero-order chi connectivity index (χ0) is 23.1. The topological polar surface area (TPSA) is 109 Å². The average Bonchev–Trinajstić information content (AvgIpc) is 3.44. The van der Waals surface area contributed by atoms with Crippen LogP contribution in [-0.2, 0) is 0 Å². The van der Waals surface area contributed by atoms with Gasteiger partial charge in [0.2, 0.25) is 0 Å². The maximum Gasteiger partial charge on any atom is 0.258 e. The van der Waals surface area contributed by atoms with Crippen molar-refractivity contribution in [1.82, 2.24) is 19.5 Å². The van der Waals surface area contributed by atoms with Crippen molar-refractivity contribution in [1.29, 1.82) is 0 Å². The number of aryl methyl sites for hydroxylation is 1. The number of hydrogen-bond acceptors (Lipinski definition) is 7. The van der Waals surface area contributed by atoms with E-state index in [4.69, 9.17) is 20.6 Å². The molecule has 2 saturated heterocycles. The molecule has 5 rings (SSSR count). The molecule has 3 aromatic rings. The fraction of sp³-hybridized carbons (Fsp3) is 0.458. The lowest BCUT2D eigenvalue weighted by Crippen LogP contribution is -2.38. The monoisotopic (exact) mass is 450 g/mol. The highest BCUT2D eigenvalue weighted by atomic mass is 16.5. The van der Waals surface area contributed by atoms with Crippen LogP contribution in [0.15, 0.2) is 30.5 Å². The number of anilines is 1. The molecule has 174 valence electrons. The van der Waals surface area contributed by atoms with E-state index in [1.807, 2.05) is 24.1 Å². The summed E-state index contributed by atoms with van der Waals surface area (Å²) >= 11 is 0. The SMILES string of the molecule is COc1cccc(C(=O)N2CCCCC2c2cc3nc(N4CCC(N)C4)c(C)cn3n2)c1O. The predicted octanol–water partition coefficient (Wildman–Crippen LogP) is 2.66. The number of nitrogens with zero attached hydrogens (tertiary/aromatic N) is 5. The van der Waals surface area contributed by atoms with Gasteiger partial charge in [0.1, 0.15) is 5.82 Å². The summed E-state index contributed by atoms with van der Waals surface area (Å²) in [6, 6.07) is 6.96. The summed E-state index contributed by atoms with van der Waals surface area (Å²) in [4.78, 5) is 22.4. The van der Waals surface area contributed by atoms with E-state index in [9.17, 15) is 9.90 Å². The molecule has 9 heteroatoms. The summed E-state index contributed by atoms with van der Waals surface area (Å²) in [6.07, 6.45) is 5.70. The van der Waals surface area contributed by atoms with Crippen LogP contribution in [0.25, 0.3) is 5.65 Å². The lowest BCUT2D eigenvalue weighted by molar-refractivity contribution is 0.0602. The van der Waals surface area contributed by atoms with E-state index >= 15 is 0 Å². The zero-order valence-corrected chi connectivity index (χ0v) is 19.1. The van der Waals surface area contributed by atoms with Crippen molar-refractivity contribution in [3.05, 3.63) is 47.3 Å². The number of fused-ring (bicyclic) bond motifs is 1. The summed E-state index contributed by atoms with van der Waals surface area (Å²) in [5.41, 5.74) is 8.96. The van der Waals surface area contributed by atoms with Gasteiger partial charge in [-0.1, -0.05) is 6.07 Å². The van der Waals surface area contributed by atoms with Gasteiger partial charge in [0.15, 0.2) is 17.1 Å². The molecule has 2 atom stereocenters. The number of aromatic hydroxyl groups is 1. The molecule has 2 aromatic heterocycles. The predicted molar refractivity (Wildman–Crippen MR) is 125 cm³/mol. The van der Waals surface area contributed by atoms with Gasteiger partial charge in [0.25, 0.3) is 5.91 Å². The minimum Gasteiger partial charge on any atom is -0.504 e. The number of phenols is 1. The largest absolute Gasteiger partial charge is 0.504 e. The van der Waals surface area contributed by atoms with Crippen LogP contribution in [-0.4, -0.2) is 63.3 Å². The molecule has 0 radical (unpaired) electrons. The van der Waals surface area contributed by atoms with Crippen LogP contribution in [0.2, 0.25) is 0 Å². The molecule has 2 aliphatic rings. The molecule has 0 aliphatic carbocycles. The number of amides is 1. The van der Waals surface area contributed by atoms with Gasteiger partial charge in [-0.3, -0.25) is 4.79 Å². The normalized spacial score (nSPS) is 21.1. The quantitative estimate of drug-likeness (QED) is 0.629. The summed E-state index contributed by atoms with van der Waals surface area (Å²) in [6.45, 7) is 4.35. The zero-order valence-electron chi connectivity index (χ0n) is 19.1. The first kappa shape index (κ1) is 21.5. The van der Waals surface area contributed by atoms with Gasteiger partial charge in [0.05, 0.1) is 24.4 Å². The second-order valence-corrected chi connectivity index (χ2v) is 8.98. The first-order chi connectivity index (χ1) is 16.0. The van der Waals surface area contributed by atoms with Crippen molar-refractivity contribution in [2.24, 2.45) is 5.73 Å². The van der Waals surface area contributed by atoms with Crippen molar-refractivity contribution < 1.29 is 14.6 Å². The number of phenolic OH excluding ortho intramolecular Hbond substituents is 1. The number of carbonyl (C=O) groups is 1. The molecule has 3 N–H and O–H groups in total. The Morgan fingerprint density at radius 1 is 1.24 bits per heavy atom. The molecule has 0 spiro atoms. The van der Waals surface area contributed by atoms with Crippen LogP contribution < -0.4 is 15.4 Å². The highest BCUT2D eigenvalue weighted by Gasteiger charge is 2.32. The Balaban J connectivity index is 1.48. The lowest BCUT2D eigenvalue weighted by atomic mass is 9.98. The molecule has 1 aromatic carbocycles. The number of piperidine rings is 1. The standard InChI is InChI=1S/C24H30N6O3/c1-15-13-30-21(26-23(15)28-11-9-16(25)14-28)12-18(27-30)19-7-3-4-10-29(19)24(32)17-6-5-8-20(33-2)22(17)31/h5-6,8,12-13,16,19,31H,3-4,7,9-11,14,25H2,1-2H3. The molecule has 2 fully saturated rings. The van der Waals surface area contributed by atoms with Crippen LogP contribution in [0.3, 0.4) is 0 Å². The number of benzene rings is 1. The number of likely N-dealkylation sites (tertiary alicyclic amines) is 1. The summed E-state index contributed by atoms with van der Waals surface area (Å²) in [5.74, 6) is 0.884. The fourth-order valence-corrected chi connectivity index (χ4v) is 4.98. The van der Waals surface area contributed by atoms with Gasteiger partial charge in [-0.05, 0) is 44.7 Å². The summed E-state index contributed by atoms with van der Waals surface area (Å²) in [7, 11) is 1.47. The first-order valence-electron chi connectivity index (χ1n) is 11.5. The fourth-order valence-electron chi connectivity index (χ4n) is 4.98. The van der Waals surface area contributed by atoms with Crippen LogP contribution in [0.4, 0.5) is 5.82 Å². The molecule has 4 heterocycles. The molecular formula is C24H30N6O3. The summed E-state index contributed by atoms with van der Waals surface area (Å²) < 4.78 is 6.99. The molecule has 33 heavy (non-hydrogen) atoms. The van der Waals surface area contributed by atoms with E-state index in [1.165, 1.54) is 7.11 Å². The first-order valence-corrected chi connectivity index (χ1v) is 11.5. The Morgan fingerprint density at radius 2 is 2.09 bits per heavy atom. The van der Waals surface area contributed by atoms with Crippen molar-refractivity contribution in [2.75, 3.05) is 31.6 Å². The van der Waals surface area contributed by atoms with Crippen molar-refractivity contribution in [3.8, 4) is 11.5 Å². The Bertz CT molecular complexity index is 1190. The molecule has 0 bridgehead atoms. The van der Waals surface area contributed by atoms with Crippen molar-refractivity contribution in [3.63, 3.8) is 0 Å². The van der Waals surface area contributed by atoms with Crippen LogP contribution >= 0.6 is 0 Å². The van der Waals surface area contributed by atoms with Crippen LogP contribution in [0.5, 0.6) is 11.5 Å². The van der Waals surface area contributed by atoms with Gasteiger partial charge in [-0.2, -0.15) is 5.10 Å². The molecule has 2 unspecified atom stereocenters. The highest BCUT2D eigenvalue weighted by Crippen LogP contribution is 2.36. The third kappa shape index (κ3) is 3.86. The summed E-state index contributed by atoms with van der Waals surface area (Å²) in [5, 5.41) is 15.3. The van der Waals surface area contributed by atoms with Gasteiger partial charge in [-0.15, -0.1) is 0 Å². The van der Waals surface area contributed by atoms with Crippen LogP contribution in [0, 0.1) is 6.92 Å². The number of nitrogens with two attached hydrogens (primary N) is 1. The van der Waals surface area contributed by atoms with Crippen molar-refractivity contribution >= 4 is 17.4 Å².